The first-order chi connectivity index (χ1) is 9.88. The number of nitrogens with zero attached hydrogens (tertiary/aromatic N) is 1. The highest BCUT2D eigenvalue weighted by Gasteiger charge is 2.23. The highest BCUT2D eigenvalue weighted by Crippen LogP contribution is 2.31. The first-order valence-corrected chi connectivity index (χ1v) is 7.34. The maximum Gasteiger partial charge on any atom is 0.0220 e. The Bertz CT molecular complexity index is 573. The Morgan fingerprint density at radius 3 is 2.60 bits per heavy atom. The maximum absolute atomic E-state index is 3.89. The van der Waals surface area contributed by atoms with Crippen molar-refractivity contribution in [3.05, 3.63) is 83.9 Å². The molecule has 1 aliphatic rings. The van der Waals surface area contributed by atoms with Gasteiger partial charge in [-0.1, -0.05) is 60.7 Å². The van der Waals surface area contributed by atoms with Gasteiger partial charge in [0.05, 0.1) is 0 Å². The summed E-state index contributed by atoms with van der Waals surface area (Å²) in [5.41, 5.74) is 4.40. The Morgan fingerprint density at radius 2 is 1.80 bits per heavy atom. The molecule has 102 valence electrons. The van der Waals surface area contributed by atoms with Gasteiger partial charge in [-0.15, -0.1) is 6.58 Å². The Labute approximate surface area is 121 Å². The van der Waals surface area contributed by atoms with Gasteiger partial charge in [0, 0.05) is 25.6 Å². The summed E-state index contributed by atoms with van der Waals surface area (Å²) in [5, 5.41) is 0. The van der Waals surface area contributed by atoms with Crippen LogP contribution in [0.2, 0.25) is 0 Å². The fourth-order valence-corrected chi connectivity index (χ4v) is 3.15. The van der Waals surface area contributed by atoms with Crippen molar-refractivity contribution < 1.29 is 0 Å². The summed E-state index contributed by atoms with van der Waals surface area (Å²) < 4.78 is 0. The SMILES string of the molecule is C=CCN1CCc2ccccc2C(c2ccccc2)C1. The largest absolute Gasteiger partial charge is 0.298 e. The zero-order valence-electron chi connectivity index (χ0n) is 11.8. The monoisotopic (exact) mass is 263 g/mol. The van der Waals surface area contributed by atoms with Crippen LogP contribution in [0.25, 0.3) is 0 Å². The molecule has 0 N–H and O–H groups in total. The molecule has 0 radical (unpaired) electrons. The van der Waals surface area contributed by atoms with Crippen LogP contribution in [0, 0.1) is 0 Å². The van der Waals surface area contributed by atoms with Crippen LogP contribution in [0.3, 0.4) is 0 Å². The molecule has 0 spiro atoms. The standard InChI is InChI=1S/C19H21N/c1-2-13-20-14-12-17-10-6-7-11-18(17)19(15-20)16-8-4-3-5-9-16/h2-11,19H,1,12-15H2. The minimum atomic E-state index is 0.467. The van der Waals surface area contributed by atoms with E-state index < -0.39 is 0 Å². The third-order valence-electron chi connectivity index (χ3n) is 4.16. The zero-order valence-corrected chi connectivity index (χ0v) is 11.8. The van der Waals surface area contributed by atoms with E-state index in [1.54, 1.807) is 0 Å². The van der Waals surface area contributed by atoms with Crippen molar-refractivity contribution in [2.75, 3.05) is 19.6 Å². The quantitative estimate of drug-likeness (QED) is 0.760. The predicted octanol–water partition coefficient (Wildman–Crippen LogP) is 3.86. The smallest absolute Gasteiger partial charge is 0.0220 e. The lowest BCUT2D eigenvalue weighted by Crippen LogP contribution is -2.28. The number of benzene rings is 2. The van der Waals surface area contributed by atoms with Crippen molar-refractivity contribution in [2.45, 2.75) is 12.3 Å². The van der Waals surface area contributed by atoms with Gasteiger partial charge in [-0.05, 0) is 23.1 Å². The highest BCUT2D eigenvalue weighted by molar-refractivity contribution is 5.39. The van der Waals surface area contributed by atoms with Gasteiger partial charge in [0.2, 0.25) is 0 Å². The molecule has 1 aliphatic heterocycles. The molecule has 1 unspecified atom stereocenters. The number of rotatable bonds is 3. The van der Waals surface area contributed by atoms with Crippen LogP contribution in [0.15, 0.2) is 67.3 Å². The van der Waals surface area contributed by atoms with E-state index in [4.69, 9.17) is 0 Å². The molecular weight excluding hydrogens is 242 g/mol. The van der Waals surface area contributed by atoms with Crippen molar-refractivity contribution in [1.82, 2.24) is 4.90 Å². The van der Waals surface area contributed by atoms with Crippen LogP contribution in [-0.4, -0.2) is 24.5 Å². The van der Waals surface area contributed by atoms with E-state index in [1.807, 2.05) is 6.08 Å². The average Bonchev–Trinajstić information content (AvgIpc) is 2.69. The fraction of sp³-hybridized carbons (Fsp3) is 0.263. The lowest BCUT2D eigenvalue weighted by molar-refractivity contribution is 0.306. The molecule has 2 aromatic carbocycles. The van der Waals surface area contributed by atoms with E-state index in [9.17, 15) is 0 Å². The van der Waals surface area contributed by atoms with Crippen LogP contribution in [0.5, 0.6) is 0 Å². The molecule has 0 fully saturated rings. The molecule has 3 rings (SSSR count). The molecule has 1 atom stereocenters. The summed E-state index contributed by atoms with van der Waals surface area (Å²) in [5.74, 6) is 0.467. The van der Waals surface area contributed by atoms with E-state index >= 15 is 0 Å². The second kappa shape index (κ2) is 6.06. The molecule has 0 saturated carbocycles. The van der Waals surface area contributed by atoms with Crippen LogP contribution in [-0.2, 0) is 6.42 Å². The second-order valence-electron chi connectivity index (χ2n) is 5.46. The van der Waals surface area contributed by atoms with Gasteiger partial charge in [0.15, 0.2) is 0 Å². The Hall–Kier alpha value is -1.86. The van der Waals surface area contributed by atoms with Crippen molar-refractivity contribution in [2.24, 2.45) is 0 Å². The minimum absolute atomic E-state index is 0.467. The lowest BCUT2D eigenvalue weighted by atomic mass is 9.88. The topological polar surface area (TPSA) is 3.24 Å². The van der Waals surface area contributed by atoms with Gasteiger partial charge >= 0.3 is 0 Å². The van der Waals surface area contributed by atoms with Gasteiger partial charge in [0.1, 0.15) is 0 Å². The molecule has 20 heavy (non-hydrogen) atoms. The number of fused-ring (bicyclic) bond motifs is 1. The molecule has 1 heteroatoms. The minimum Gasteiger partial charge on any atom is -0.298 e. The molecular formula is C19H21N. The van der Waals surface area contributed by atoms with Gasteiger partial charge < -0.3 is 0 Å². The van der Waals surface area contributed by atoms with Gasteiger partial charge in [-0.25, -0.2) is 0 Å². The average molecular weight is 263 g/mol. The molecule has 2 aromatic rings. The molecule has 0 saturated heterocycles. The van der Waals surface area contributed by atoms with Crippen LogP contribution >= 0.6 is 0 Å². The summed E-state index contributed by atoms with van der Waals surface area (Å²) in [6.07, 6.45) is 3.14. The van der Waals surface area contributed by atoms with E-state index in [1.165, 1.54) is 16.7 Å². The van der Waals surface area contributed by atoms with Gasteiger partial charge in [-0.2, -0.15) is 0 Å². The first kappa shape index (κ1) is 13.1. The van der Waals surface area contributed by atoms with E-state index in [0.717, 1.165) is 26.1 Å². The Morgan fingerprint density at radius 1 is 1.05 bits per heavy atom. The molecule has 1 nitrogen and oxygen atoms in total. The van der Waals surface area contributed by atoms with Crippen molar-refractivity contribution in [3.8, 4) is 0 Å². The van der Waals surface area contributed by atoms with Crippen LogP contribution in [0.1, 0.15) is 22.6 Å². The van der Waals surface area contributed by atoms with Gasteiger partial charge in [0.25, 0.3) is 0 Å². The molecule has 1 heterocycles. The molecule has 0 aliphatic carbocycles. The third-order valence-corrected chi connectivity index (χ3v) is 4.16. The van der Waals surface area contributed by atoms with Gasteiger partial charge in [-0.3, -0.25) is 4.90 Å². The molecule has 0 amide bonds. The lowest BCUT2D eigenvalue weighted by Gasteiger charge is -2.24. The third kappa shape index (κ3) is 2.68. The van der Waals surface area contributed by atoms with Crippen molar-refractivity contribution >= 4 is 0 Å². The number of hydrogen-bond acceptors (Lipinski definition) is 1. The van der Waals surface area contributed by atoms with Crippen molar-refractivity contribution in [3.63, 3.8) is 0 Å². The molecule has 0 bridgehead atoms. The summed E-state index contributed by atoms with van der Waals surface area (Å²) in [6.45, 7) is 7.05. The summed E-state index contributed by atoms with van der Waals surface area (Å²) in [7, 11) is 0. The molecule has 0 aromatic heterocycles. The zero-order chi connectivity index (χ0) is 13.8. The summed E-state index contributed by atoms with van der Waals surface area (Å²) in [6, 6.07) is 19.8. The first-order valence-electron chi connectivity index (χ1n) is 7.34. The van der Waals surface area contributed by atoms with E-state index in [2.05, 4.69) is 66.1 Å². The van der Waals surface area contributed by atoms with Crippen LogP contribution in [0.4, 0.5) is 0 Å². The van der Waals surface area contributed by atoms with Crippen LogP contribution < -0.4 is 0 Å². The number of hydrogen-bond donors (Lipinski definition) is 0. The summed E-state index contributed by atoms with van der Waals surface area (Å²) in [4.78, 5) is 2.50. The second-order valence-corrected chi connectivity index (χ2v) is 5.46. The van der Waals surface area contributed by atoms with E-state index in [0.29, 0.717) is 5.92 Å². The fourth-order valence-electron chi connectivity index (χ4n) is 3.15. The normalized spacial score (nSPS) is 19.1. The van der Waals surface area contributed by atoms with Crippen molar-refractivity contribution in [1.29, 1.82) is 0 Å². The summed E-state index contributed by atoms with van der Waals surface area (Å²) >= 11 is 0. The predicted molar refractivity (Wildman–Crippen MR) is 85.1 cm³/mol. The maximum atomic E-state index is 3.89. The highest BCUT2D eigenvalue weighted by atomic mass is 15.1. The van der Waals surface area contributed by atoms with E-state index in [-0.39, 0.29) is 0 Å². The Balaban J connectivity index is 2.01. The Kier molecular flexibility index (Phi) is 3.98.